The Bertz CT molecular complexity index is 336. The van der Waals surface area contributed by atoms with E-state index in [2.05, 4.69) is 16.5 Å². The first-order valence-electron chi connectivity index (χ1n) is 3.23. The Hall–Kier alpha value is -1.10. The fraction of sp³-hybridized carbons (Fsp3) is 0.143. The Balaban J connectivity index is 2.89. The maximum absolute atomic E-state index is 12.8. The number of hydrogen-bond acceptors (Lipinski definition) is 3. The lowest BCUT2D eigenvalue weighted by Crippen LogP contribution is -2.11. The Morgan fingerprint density at radius 1 is 1.83 bits per heavy atom. The molecule has 0 bridgehead atoms. The van der Waals surface area contributed by atoms with Gasteiger partial charge in [-0.2, -0.15) is 4.98 Å². The third-order valence-corrected chi connectivity index (χ3v) is 2.03. The van der Waals surface area contributed by atoms with E-state index in [0.29, 0.717) is 5.75 Å². The molecule has 0 saturated carbocycles. The number of nitrogens with one attached hydrogen (secondary N) is 1. The third kappa shape index (κ3) is 2.20. The summed E-state index contributed by atoms with van der Waals surface area (Å²) in [6, 6.07) is 0. The molecule has 0 saturated heterocycles. The van der Waals surface area contributed by atoms with Gasteiger partial charge in [0.15, 0.2) is 5.82 Å². The first-order chi connectivity index (χ1) is 5.74. The lowest BCUT2D eigenvalue weighted by Gasteiger charge is -1.96. The molecule has 0 atom stereocenters. The molecule has 0 fully saturated rings. The number of H-pyrrole nitrogens is 1. The van der Waals surface area contributed by atoms with Crippen LogP contribution in [0.1, 0.15) is 0 Å². The number of hydrogen-bond donors (Lipinski definition) is 1. The molecule has 0 unspecified atom stereocenters. The van der Waals surface area contributed by atoms with Crippen molar-refractivity contribution >= 4 is 11.8 Å². The van der Waals surface area contributed by atoms with Gasteiger partial charge < -0.3 is 4.98 Å². The van der Waals surface area contributed by atoms with E-state index in [1.165, 1.54) is 0 Å². The molecule has 0 spiro atoms. The molecule has 5 heteroatoms. The molecule has 1 aromatic rings. The molecule has 1 rings (SSSR count). The van der Waals surface area contributed by atoms with E-state index in [1.807, 2.05) is 0 Å². The summed E-state index contributed by atoms with van der Waals surface area (Å²) >= 11 is 1.14. The molecule has 0 aliphatic carbocycles. The Kier molecular flexibility index (Phi) is 3.04. The Labute approximate surface area is 72.7 Å². The largest absolute Gasteiger partial charge is 0.346 e. The maximum Gasteiger partial charge on any atom is 0.346 e. The number of aromatic nitrogens is 2. The highest BCUT2D eigenvalue weighted by molar-refractivity contribution is 7.99. The van der Waals surface area contributed by atoms with Crippen molar-refractivity contribution < 1.29 is 4.39 Å². The van der Waals surface area contributed by atoms with Gasteiger partial charge in [-0.15, -0.1) is 6.58 Å². The van der Waals surface area contributed by atoms with Gasteiger partial charge in [0.05, 0.1) is 0 Å². The third-order valence-electron chi connectivity index (χ3n) is 1.07. The molecule has 0 aliphatic heterocycles. The topological polar surface area (TPSA) is 45.8 Å². The first kappa shape index (κ1) is 8.99. The molecule has 0 aromatic carbocycles. The van der Waals surface area contributed by atoms with Crippen molar-refractivity contribution in [3.05, 3.63) is 35.2 Å². The monoisotopic (exact) mass is 186 g/mol. The van der Waals surface area contributed by atoms with Crippen molar-refractivity contribution in [1.29, 1.82) is 0 Å². The minimum absolute atomic E-state index is 0.110. The van der Waals surface area contributed by atoms with Crippen LogP contribution in [0.25, 0.3) is 0 Å². The van der Waals surface area contributed by atoms with Crippen LogP contribution in [-0.4, -0.2) is 15.7 Å². The van der Waals surface area contributed by atoms with Gasteiger partial charge in [0.2, 0.25) is 0 Å². The van der Waals surface area contributed by atoms with Crippen LogP contribution in [0.15, 0.2) is 28.7 Å². The first-order valence-corrected chi connectivity index (χ1v) is 4.21. The van der Waals surface area contributed by atoms with Gasteiger partial charge in [0.1, 0.15) is 5.03 Å². The Morgan fingerprint density at radius 3 is 3.25 bits per heavy atom. The molecule has 0 radical (unpaired) electrons. The van der Waals surface area contributed by atoms with Gasteiger partial charge in [0, 0.05) is 11.9 Å². The highest BCUT2D eigenvalue weighted by Crippen LogP contribution is 2.15. The zero-order valence-electron chi connectivity index (χ0n) is 6.21. The van der Waals surface area contributed by atoms with E-state index in [-0.39, 0.29) is 5.03 Å². The molecule has 3 nitrogen and oxygen atoms in total. The predicted molar refractivity (Wildman–Crippen MR) is 45.7 cm³/mol. The number of nitrogens with zero attached hydrogens (tertiary/aromatic N) is 1. The van der Waals surface area contributed by atoms with Crippen LogP contribution in [0.5, 0.6) is 0 Å². The molecule has 1 heterocycles. The van der Waals surface area contributed by atoms with Crippen molar-refractivity contribution in [1.82, 2.24) is 9.97 Å². The van der Waals surface area contributed by atoms with Crippen LogP contribution in [0.2, 0.25) is 0 Å². The van der Waals surface area contributed by atoms with Crippen molar-refractivity contribution in [2.24, 2.45) is 0 Å². The van der Waals surface area contributed by atoms with Crippen LogP contribution in [0, 0.1) is 5.82 Å². The summed E-state index contributed by atoms with van der Waals surface area (Å²) in [6.07, 6.45) is 2.62. The van der Waals surface area contributed by atoms with Crippen LogP contribution in [0.4, 0.5) is 4.39 Å². The summed E-state index contributed by atoms with van der Waals surface area (Å²) in [5, 5.41) is 0.110. The summed E-state index contributed by atoms with van der Waals surface area (Å²) in [5.41, 5.74) is -0.539. The van der Waals surface area contributed by atoms with Crippen molar-refractivity contribution in [3.8, 4) is 0 Å². The van der Waals surface area contributed by atoms with Gasteiger partial charge in [-0.05, 0) is 0 Å². The quantitative estimate of drug-likeness (QED) is 0.438. The summed E-state index contributed by atoms with van der Waals surface area (Å²) < 4.78 is 12.8. The number of thioether (sulfide) groups is 1. The molecule has 64 valence electrons. The highest BCUT2D eigenvalue weighted by atomic mass is 32.2. The second kappa shape index (κ2) is 4.06. The van der Waals surface area contributed by atoms with E-state index in [0.717, 1.165) is 18.0 Å². The normalized spacial score (nSPS) is 9.75. The van der Waals surface area contributed by atoms with E-state index in [4.69, 9.17) is 0 Å². The highest BCUT2D eigenvalue weighted by Gasteiger charge is 2.03. The zero-order chi connectivity index (χ0) is 8.97. The number of rotatable bonds is 3. The number of aromatic amines is 1. The van der Waals surface area contributed by atoms with Crippen LogP contribution < -0.4 is 5.69 Å². The smallest absolute Gasteiger partial charge is 0.310 e. The minimum atomic E-state index is -0.539. The molecule has 0 amide bonds. The lowest BCUT2D eigenvalue weighted by molar-refractivity contribution is 0.575. The van der Waals surface area contributed by atoms with Gasteiger partial charge in [0.25, 0.3) is 0 Å². The SMILES string of the molecule is C=CCSc1nc(=O)[nH]cc1F. The summed E-state index contributed by atoms with van der Waals surface area (Å²) in [7, 11) is 0. The lowest BCUT2D eigenvalue weighted by atomic mass is 10.6. The molecular formula is C7H7FN2OS. The second-order valence-electron chi connectivity index (χ2n) is 1.96. The van der Waals surface area contributed by atoms with E-state index >= 15 is 0 Å². The molecule has 1 N–H and O–H groups in total. The Morgan fingerprint density at radius 2 is 2.58 bits per heavy atom. The van der Waals surface area contributed by atoms with E-state index in [1.54, 1.807) is 6.08 Å². The molecular weight excluding hydrogens is 179 g/mol. The summed E-state index contributed by atoms with van der Waals surface area (Å²) in [6.45, 7) is 3.47. The van der Waals surface area contributed by atoms with Crippen molar-refractivity contribution in [3.63, 3.8) is 0 Å². The average molecular weight is 186 g/mol. The van der Waals surface area contributed by atoms with Crippen LogP contribution in [-0.2, 0) is 0 Å². The summed E-state index contributed by atoms with van der Waals surface area (Å²) in [5.74, 6) is 0.0225. The van der Waals surface area contributed by atoms with E-state index < -0.39 is 11.5 Å². The fourth-order valence-corrected chi connectivity index (χ4v) is 1.22. The zero-order valence-corrected chi connectivity index (χ0v) is 7.03. The van der Waals surface area contributed by atoms with Crippen molar-refractivity contribution in [2.45, 2.75) is 5.03 Å². The predicted octanol–water partition coefficient (Wildman–Crippen LogP) is 1.19. The maximum atomic E-state index is 12.8. The van der Waals surface area contributed by atoms with Gasteiger partial charge in [-0.1, -0.05) is 17.8 Å². The second-order valence-corrected chi connectivity index (χ2v) is 2.97. The molecule has 0 aliphatic rings. The fourth-order valence-electron chi connectivity index (χ4n) is 0.604. The standard InChI is InChI=1S/C7H7FN2OS/c1-2-3-12-6-5(8)4-9-7(11)10-6/h2,4H,1,3H2,(H,9,10,11). The van der Waals surface area contributed by atoms with Gasteiger partial charge in [-0.3, -0.25) is 0 Å². The van der Waals surface area contributed by atoms with Crippen molar-refractivity contribution in [2.75, 3.05) is 5.75 Å². The minimum Gasteiger partial charge on any atom is -0.310 e. The number of halogens is 1. The molecule has 12 heavy (non-hydrogen) atoms. The van der Waals surface area contributed by atoms with Crippen LogP contribution in [0.3, 0.4) is 0 Å². The van der Waals surface area contributed by atoms with Crippen LogP contribution >= 0.6 is 11.8 Å². The van der Waals surface area contributed by atoms with Gasteiger partial charge in [-0.25, -0.2) is 9.18 Å². The molecule has 1 aromatic heterocycles. The summed E-state index contributed by atoms with van der Waals surface area (Å²) in [4.78, 5) is 16.2. The van der Waals surface area contributed by atoms with Gasteiger partial charge >= 0.3 is 5.69 Å². The van der Waals surface area contributed by atoms with E-state index in [9.17, 15) is 9.18 Å². The average Bonchev–Trinajstić information content (AvgIpc) is 2.07.